The molecule has 0 spiro atoms. The molecule has 1 aliphatic rings. The maximum atomic E-state index is 13.0. The molecule has 0 saturated heterocycles. The fourth-order valence-corrected chi connectivity index (χ4v) is 7.16. The summed E-state index contributed by atoms with van der Waals surface area (Å²) >= 11 is 0. The molecule has 1 amide bonds. The van der Waals surface area contributed by atoms with Crippen LogP contribution in [0, 0.1) is 0 Å². The standard InChI is InChI=1S/C20H31N3O7SSi/c1-32(2,3)12-11-31(28,29)22-16(13-24)19(26)23-18(17(25)9-10-21-23)20(27)30-14-15-7-5-4-6-8-15/h4-8,10,16-18,22,24-25H,9,11-14H2,1-3H3/t16-,17+,18+/m1/s1. The van der Waals surface area contributed by atoms with Crippen LogP contribution in [0.4, 0.5) is 0 Å². The Morgan fingerprint density at radius 1 is 1.28 bits per heavy atom. The summed E-state index contributed by atoms with van der Waals surface area (Å²) in [5.41, 5.74) is 0.718. The molecule has 1 aromatic rings. The Morgan fingerprint density at radius 2 is 1.94 bits per heavy atom. The molecule has 0 saturated carbocycles. The minimum Gasteiger partial charge on any atom is -0.459 e. The van der Waals surface area contributed by atoms with Gasteiger partial charge in [-0.3, -0.25) is 4.79 Å². The molecular weight excluding hydrogens is 454 g/mol. The Bertz CT molecular complexity index is 919. The van der Waals surface area contributed by atoms with Crippen LogP contribution in [0.25, 0.3) is 0 Å². The largest absolute Gasteiger partial charge is 0.459 e. The molecule has 0 aromatic heterocycles. The molecule has 1 aromatic carbocycles. The molecular formula is C20H31N3O7SSi. The first-order valence-corrected chi connectivity index (χ1v) is 15.6. The van der Waals surface area contributed by atoms with E-state index in [9.17, 15) is 28.2 Å². The number of amides is 1. The lowest BCUT2D eigenvalue weighted by Gasteiger charge is -2.33. The number of benzene rings is 1. The Morgan fingerprint density at radius 3 is 2.53 bits per heavy atom. The van der Waals surface area contributed by atoms with Crippen LogP contribution in [0.1, 0.15) is 12.0 Å². The van der Waals surface area contributed by atoms with Gasteiger partial charge in [0.05, 0.1) is 18.5 Å². The number of hydrogen-bond acceptors (Lipinski definition) is 8. The summed E-state index contributed by atoms with van der Waals surface area (Å²) in [6.07, 6.45) is -0.0271. The molecule has 0 aliphatic carbocycles. The maximum Gasteiger partial charge on any atom is 0.334 e. The van der Waals surface area contributed by atoms with Crippen LogP contribution in [0.2, 0.25) is 25.7 Å². The average molecular weight is 486 g/mol. The van der Waals surface area contributed by atoms with Crippen LogP contribution in [0.5, 0.6) is 0 Å². The summed E-state index contributed by atoms with van der Waals surface area (Å²) in [5, 5.41) is 24.6. The first-order chi connectivity index (χ1) is 14.9. The first-order valence-electron chi connectivity index (χ1n) is 10.3. The number of nitrogens with zero attached hydrogens (tertiary/aromatic N) is 2. The topological polar surface area (TPSA) is 146 Å². The number of hydrazone groups is 1. The van der Waals surface area contributed by atoms with Gasteiger partial charge in [-0.15, -0.1) is 0 Å². The number of carbonyl (C=O) groups excluding carboxylic acids is 2. The minimum absolute atomic E-state index is 0.0145. The van der Waals surface area contributed by atoms with E-state index in [1.165, 1.54) is 6.21 Å². The summed E-state index contributed by atoms with van der Waals surface area (Å²) in [6.45, 7) is 5.16. The van der Waals surface area contributed by atoms with Crippen molar-refractivity contribution in [3.63, 3.8) is 0 Å². The average Bonchev–Trinajstić information content (AvgIpc) is 2.74. The molecule has 0 bridgehead atoms. The molecule has 0 fully saturated rings. The van der Waals surface area contributed by atoms with Crippen molar-refractivity contribution in [1.82, 2.24) is 9.73 Å². The molecule has 10 nitrogen and oxygen atoms in total. The maximum absolute atomic E-state index is 13.0. The van der Waals surface area contributed by atoms with E-state index in [1.807, 2.05) is 25.7 Å². The zero-order valence-corrected chi connectivity index (χ0v) is 20.3. The van der Waals surface area contributed by atoms with Gasteiger partial charge in [0.15, 0.2) is 6.04 Å². The normalized spacial score (nSPS) is 20.1. The van der Waals surface area contributed by atoms with Crippen LogP contribution in [0.3, 0.4) is 0 Å². The van der Waals surface area contributed by atoms with Gasteiger partial charge in [0.25, 0.3) is 5.91 Å². The molecule has 0 unspecified atom stereocenters. The Labute approximate surface area is 189 Å². The highest BCUT2D eigenvalue weighted by molar-refractivity contribution is 7.89. The molecule has 1 aliphatic heterocycles. The minimum atomic E-state index is -3.86. The fraction of sp³-hybridized carbons (Fsp3) is 0.550. The van der Waals surface area contributed by atoms with Crippen molar-refractivity contribution in [2.24, 2.45) is 5.10 Å². The van der Waals surface area contributed by atoms with Gasteiger partial charge in [-0.1, -0.05) is 50.0 Å². The van der Waals surface area contributed by atoms with Gasteiger partial charge < -0.3 is 14.9 Å². The molecule has 0 radical (unpaired) electrons. The summed E-state index contributed by atoms with van der Waals surface area (Å²) in [7, 11) is -5.52. The smallest absolute Gasteiger partial charge is 0.334 e. The van der Waals surface area contributed by atoms with Crippen molar-refractivity contribution in [3.05, 3.63) is 35.9 Å². The summed E-state index contributed by atoms with van der Waals surface area (Å²) in [4.78, 5) is 25.6. The van der Waals surface area contributed by atoms with Crippen molar-refractivity contribution < 1.29 is 33.0 Å². The van der Waals surface area contributed by atoms with Crippen LogP contribution in [-0.2, 0) is 31.0 Å². The van der Waals surface area contributed by atoms with E-state index >= 15 is 0 Å². The third-order valence-corrected chi connectivity index (χ3v) is 8.29. The number of nitrogens with one attached hydrogen (secondary N) is 1. The number of hydrogen-bond donors (Lipinski definition) is 3. The second-order valence-corrected chi connectivity index (χ2v) is 16.3. The third-order valence-electron chi connectivity index (χ3n) is 4.80. The number of aliphatic hydroxyl groups excluding tert-OH is 2. The van der Waals surface area contributed by atoms with Crippen molar-refractivity contribution >= 4 is 36.2 Å². The zero-order valence-electron chi connectivity index (χ0n) is 18.5. The predicted molar refractivity (Wildman–Crippen MR) is 122 cm³/mol. The Kier molecular flexibility index (Phi) is 9.10. The van der Waals surface area contributed by atoms with E-state index in [1.54, 1.807) is 24.3 Å². The van der Waals surface area contributed by atoms with Crippen LogP contribution in [0.15, 0.2) is 35.4 Å². The van der Waals surface area contributed by atoms with Gasteiger partial charge in [-0.05, 0) is 11.6 Å². The third kappa shape index (κ3) is 7.78. The summed E-state index contributed by atoms with van der Waals surface area (Å²) in [5.74, 6) is -2.02. The van der Waals surface area contributed by atoms with Crippen LogP contribution < -0.4 is 4.72 Å². The highest BCUT2D eigenvalue weighted by atomic mass is 32.2. The number of carbonyl (C=O) groups is 2. The number of ether oxygens (including phenoxy) is 1. The van der Waals surface area contributed by atoms with Crippen molar-refractivity contribution in [3.8, 4) is 0 Å². The molecule has 2 rings (SSSR count). The van der Waals surface area contributed by atoms with E-state index < -0.39 is 54.8 Å². The number of sulfonamides is 1. The summed E-state index contributed by atoms with van der Waals surface area (Å²) < 4.78 is 32.3. The van der Waals surface area contributed by atoms with Gasteiger partial charge in [0, 0.05) is 20.7 Å². The molecule has 178 valence electrons. The molecule has 3 N–H and O–H groups in total. The van der Waals surface area contributed by atoms with Gasteiger partial charge in [-0.2, -0.15) is 5.10 Å². The summed E-state index contributed by atoms with van der Waals surface area (Å²) in [6, 6.07) is 6.34. The number of rotatable bonds is 10. The molecule has 3 atom stereocenters. The van der Waals surface area contributed by atoms with Crippen molar-refractivity contribution in [1.29, 1.82) is 0 Å². The van der Waals surface area contributed by atoms with Crippen LogP contribution >= 0.6 is 0 Å². The highest BCUT2D eigenvalue weighted by Crippen LogP contribution is 2.18. The number of aliphatic hydroxyl groups is 2. The molecule has 32 heavy (non-hydrogen) atoms. The van der Waals surface area contributed by atoms with E-state index in [0.29, 0.717) is 11.1 Å². The lowest BCUT2D eigenvalue weighted by atomic mass is 10.1. The van der Waals surface area contributed by atoms with E-state index in [0.717, 1.165) is 5.56 Å². The van der Waals surface area contributed by atoms with Gasteiger partial charge in [0.1, 0.15) is 12.6 Å². The van der Waals surface area contributed by atoms with E-state index in [-0.39, 0.29) is 18.8 Å². The van der Waals surface area contributed by atoms with Gasteiger partial charge >= 0.3 is 5.97 Å². The van der Waals surface area contributed by atoms with E-state index in [4.69, 9.17) is 4.74 Å². The van der Waals surface area contributed by atoms with E-state index in [2.05, 4.69) is 9.82 Å². The SMILES string of the molecule is C[Si](C)(C)CCS(=O)(=O)N[C@H](CO)C(=O)N1N=CC[C@H](O)[C@H]1C(=O)OCc1ccccc1. The predicted octanol–water partition coefficient (Wildman–Crippen LogP) is 0.296. The van der Waals surface area contributed by atoms with Gasteiger partial charge in [-0.25, -0.2) is 22.9 Å². The number of esters is 1. The quantitative estimate of drug-likeness (QED) is 0.319. The van der Waals surface area contributed by atoms with Crippen LogP contribution in [-0.4, -0.2) is 80.4 Å². The Hall–Kier alpha value is -2.12. The zero-order chi connectivity index (χ0) is 23.9. The highest BCUT2D eigenvalue weighted by Gasteiger charge is 2.42. The van der Waals surface area contributed by atoms with Gasteiger partial charge in [0.2, 0.25) is 10.0 Å². The monoisotopic (exact) mass is 485 g/mol. The second-order valence-electron chi connectivity index (χ2n) is 8.80. The van der Waals surface area contributed by atoms with Crippen molar-refractivity contribution in [2.45, 2.75) is 56.9 Å². The lowest BCUT2D eigenvalue weighted by molar-refractivity contribution is -0.163. The molecule has 12 heteroatoms. The second kappa shape index (κ2) is 11.1. The Balaban J connectivity index is 2.12. The molecule has 1 heterocycles. The first kappa shape index (κ1) is 26.1. The fourth-order valence-electron chi connectivity index (χ4n) is 2.91. The lowest BCUT2D eigenvalue weighted by Crippen LogP contribution is -2.58. The van der Waals surface area contributed by atoms with Crippen molar-refractivity contribution in [2.75, 3.05) is 12.4 Å².